The molecule has 2 N–H and O–H groups in total. The van der Waals surface area contributed by atoms with Gasteiger partial charge in [-0.25, -0.2) is 0 Å². The summed E-state index contributed by atoms with van der Waals surface area (Å²) in [6.07, 6.45) is -1.21. The summed E-state index contributed by atoms with van der Waals surface area (Å²) >= 11 is 7.04. The fraction of sp³-hybridized carbons (Fsp3) is 0.294. The van der Waals surface area contributed by atoms with Crippen molar-refractivity contribution in [3.63, 3.8) is 0 Å². The van der Waals surface area contributed by atoms with E-state index in [-0.39, 0.29) is 11.4 Å². The molecule has 1 aromatic carbocycles. The van der Waals surface area contributed by atoms with E-state index in [9.17, 15) is 22.8 Å². The molecule has 2 aromatic rings. The Labute approximate surface area is 162 Å². The lowest BCUT2D eigenvalue weighted by molar-refractivity contribution is -0.137. The Morgan fingerprint density at radius 2 is 2.04 bits per heavy atom. The third-order valence-corrected chi connectivity index (χ3v) is 4.49. The van der Waals surface area contributed by atoms with Gasteiger partial charge in [0, 0.05) is 5.69 Å². The summed E-state index contributed by atoms with van der Waals surface area (Å²) in [5, 5.41) is 4.45. The van der Waals surface area contributed by atoms with E-state index in [2.05, 4.69) is 10.6 Å². The molecular weight excluding hydrogens is 405 g/mol. The van der Waals surface area contributed by atoms with Gasteiger partial charge in [0.05, 0.1) is 16.8 Å². The van der Waals surface area contributed by atoms with Gasteiger partial charge in [-0.15, -0.1) is 0 Å². The van der Waals surface area contributed by atoms with Gasteiger partial charge in [0.15, 0.2) is 5.76 Å². The van der Waals surface area contributed by atoms with E-state index in [1.165, 1.54) is 36.2 Å². The number of amides is 2. The second-order valence-electron chi connectivity index (χ2n) is 5.47. The highest BCUT2D eigenvalue weighted by Crippen LogP contribution is 2.36. The molecule has 1 heterocycles. The van der Waals surface area contributed by atoms with E-state index < -0.39 is 34.6 Å². The van der Waals surface area contributed by atoms with Crippen molar-refractivity contribution in [3.05, 3.63) is 52.9 Å². The van der Waals surface area contributed by atoms with Crippen molar-refractivity contribution in [2.24, 2.45) is 0 Å². The van der Waals surface area contributed by atoms with E-state index in [0.29, 0.717) is 12.2 Å². The molecule has 0 aliphatic carbocycles. The van der Waals surface area contributed by atoms with Crippen molar-refractivity contribution in [1.29, 1.82) is 0 Å². The lowest BCUT2D eigenvalue weighted by atomic mass is 10.1. The Kier molecular flexibility index (Phi) is 7.20. The van der Waals surface area contributed by atoms with E-state index >= 15 is 0 Å². The average Bonchev–Trinajstić information content (AvgIpc) is 3.13. The molecule has 1 aromatic heterocycles. The number of furan rings is 1. The smallest absolute Gasteiger partial charge is 0.417 e. The Morgan fingerprint density at radius 1 is 1.30 bits per heavy atom. The maximum absolute atomic E-state index is 13.0. The minimum absolute atomic E-state index is 0.0304. The monoisotopic (exact) mass is 420 g/mol. The van der Waals surface area contributed by atoms with Crippen molar-refractivity contribution < 1.29 is 27.2 Å². The Balaban J connectivity index is 2.14. The molecule has 2 rings (SSSR count). The van der Waals surface area contributed by atoms with Gasteiger partial charge >= 0.3 is 6.18 Å². The number of thioether (sulfide) groups is 1. The zero-order chi connectivity index (χ0) is 20.0. The van der Waals surface area contributed by atoms with Gasteiger partial charge in [-0.3, -0.25) is 9.59 Å². The van der Waals surface area contributed by atoms with Gasteiger partial charge in [-0.05, 0) is 48.8 Å². The average molecular weight is 421 g/mol. The van der Waals surface area contributed by atoms with Crippen molar-refractivity contribution in [1.82, 2.24) is 5.32 Å². The zero-order valence-electron chi connectivity index (χ0n) is 14.1. The third kappa shape index (κ3) is 5.93. The lowest BCUT2D eigenvalue weighted by Crippen LogP contribution is -2.44. The first-order valence-corrected chi connectivity index (χ1v) is 9.50. The Bertz CT molecular complexity index is 797. The van der Waals surface area contributed by atoms with Gasteiger partial charge in [0.1, 0.15) is 6.04 Å². The van der Waals surface area contributed by atoms with Crippen molar-refractivity contribution >= 4 is 40.9 Å². The van der Waals surface area contributed by atoms with Crippen LogP contribution in [-0.2, 0) is 11.0 Å². The third-order valence-electron chi connectivity index (χ3n) is 3.52. The number of alkyl halides is 3. The number of benzene rings is 1. The van der Waals surface area contributed by atoms with Crippen LogP contribution in [0, 0.1) is 0 Å². The highest BCUT2D eigenvalue weighted by Gasteiger charge is 2.33. The summed E-state index contributed by atoms with van der Waals surface area (Å²) in [6, 6.07) is 5.08. The Hall–Kier alpha value is -2.13. The molecule has 0 saturated carbocycles. The van der Waals surface area contributed by atoms with Gasteiger partial charge in [0.25, 0.3) is 5.91 Å². The summed E-state index contributed by atoms with van der Waals surface area (Å²) in [5.41, 5.74) is -1.12. The van der Waals surface area contributed by atoms with Crippen LogP contribution in [0.2, 0.25) is 5.02 Å². The van der Waals surface area contributed by atoms with Crippen LogP contribution in [0.15, 0.2) is 41.0 Å². The maximum atomic E-state index is 13.0. The molecule has 1 atom stereocenters. The zero-order valence-corrected chi connectivity index (χ0v) is 15.7. The molecule has 0 fully saturated rings. The van der Waals surface area contributed by atoms with Crippen LogP contribution in [0.5, 0.6) is 0 Å². The van der Waals surface area contributed by atoms with Crippen LogP contribution in [-0.4, -0.2) is 29.9 Å². The number of carbonyl (C=O) groups is 2. The van der Waals surface area contributed by atoms with E-state index in [1.807, 2.05) is 6.26 Å². The van der Waals surface area contributed by atoms with Crippen LogP contribution in [0.4, 0.5) is 18.9 Å². The molecule has 0 unspecified atom stereocenters. The molecule has 146 valence electrons. The summed E-state index contributed by atoms with van der Waals surface area (Å²) in [5.74, 6) is -0.638. The molecule has 0 bridgehead atoms. The molecule has 0 aliphatic rings. The number of carbonyl (C=O) groups excluding carboxylic acids is 2. The SMILES string of the molecule is CSCC[C@@H](NC(=O)c1ccco1)C(=O)Nc1ccc(Cl)c(C(F)(F)F)c1. The summed E-state index contributed by atoms with van der Waals surface area (Å²) in [4.78, 5) is 24.6. The van der Waals surface area contributed by atoms with Crippen LogP contribution in [0.1, 0.15) is 22.5 Å². The minimum atomic E-state index is -4.65. The topological polar surface area (TPSA) is 71.3 Å². The number of hydrogen-bond acceptors (Lipinski definition) is 4. The summed E-state index contributed by atoms with van der Waals surface area (Å²) in [6.45, 7) is 0. The highest BCUT2D eigenvalue weighted by molar-refractivity contribution is 7.98. The lowest BCUT2D eigenvalue weighted by Gasteiger charge is -2.18. The van der Waals surface area contributed by atoms with Crippen LogP contribution < -0.4 is 10.6 Å². The quantitative estimate of drug-likeness (QED) is 0.694. The molecule has 10 heteroatoms. The van der Waals surface area contributed by atoms with Gasteiger partial charge in [-0.1, -0.05) is 11.6 Å². The first-order chi connectivity index (χ1) is 12.7. The number of anilines is 1. The molecule has 2 amide bonds. The van der Waals surface area contributed by atoms with E-state index in [0.717, 1.165) is 12.1 Å². The molecule has 27 heavy (non-hydrogen) atoms. The van der Waals surface area contributed by atoms with Crippen LogP contribution in [0.25, 0.3) is 0 Å². The van der Waals surface area contributed by atoms with Gasteiger partial charge in [-0.2, -0.15) is 24.9 Å². The van der Waals surface area contributed by atoms with Crippen LogP contribution >= 0.6 is 23.4 Å². The van der Waals surface area contributed by atoms with Crippen LogP contribution in [0.3, 0.4) is 0 Å². The fourth-order valence-electron chi connectivity index (χ4n) is 2.19. The number of hydrogen-bond donors (Lipinski definition) is 2. The van der Waals surface area contributed by atoms with E-state index in [1.54, 1.807) is 0 Å². The summed E-state index contributed by atoms with van der Waals surface area (Å²) < 4.78 is 43.8. The maximum Gasteiger partial charge on any atom is 0.417 e. The number of nitrogens with one attached hydrogen (secondary N) is 2. The van der Waals surface area contributed by atoms with Crippen molar-refractivity contribution in [3.8, 4) is 0 Å². The van der Waals surface area contributed by atoms with Crippen molar-refractivity contribution in [2.75, 3.05) is 17.3 Å². The molecule has 5 nitrogen and oxygen atoms in total. The standard InChI is InChI=1S/C17H16ClF3N2O3S/c1-27-8-6-13(23-16(25)14-3-2-7-26-14)15(24)22-10-4-5-12(18)11(9-10)17(19,20)21/h2-5,7,9,13H,6,8H2,1H3,(H,22,24)(H,23,25)/t13-/m1/s1. The predicted octanol–water partition coefficient (Wildman–Crippen LogP) is 4.44. The molecule has 0 radical (unpaired) electrons. The molecule has 0 saturated heterocycles. The molecule has 0 spiro atoms. The highest BCUT2D eigenvalue weighted by atomic mass is 35.5. The number of halogens is 4. The molecule has 0 aliphatic heterocycles. The van der Waals surface area contributed by atoms with E-state index in [4.69, 9.17) is 16.0 Å². The largest absolute Gasteiger partial charge is 0.459 e. The van der Waals surface area contributed by atoms with Gasteiger partial charge < -0.3 is 15.1 Å². The van der Waals surface area contributed by atoms with Gasteiger partial charge in [0.2, 0.25) is 5.91 Å². The summed E-state index contributed by atoms with van der Waals surface area (Å²) in [7, 11) is 0. The predicted molar refractivity (Wildman–Crippen MR) is 98.0 cm³/mol. The second-order valence-corrected chi connectivity index (χ2v) is 6.86. The first kappa shape index (κ1) is 21.2. The normalized spacial score (nSPS) is 12.5. The second kappa shape index (κ2) is 9.18. The fourth-order valence-corrected chi connectivity index (χ4v) is 2.89. The minimum Gasteiger partial charge on any atom is -0.459 e. The molecular formula is C17H16ClF3N2O3S. The first-order valence-electron chi connectivity index (χ1n) is 7.73. The number of rotatable bonds is 7. The van der Waals surface area contributed by atoms with Crippen molar-refractivity contribution in [2.45, 2.75) is 18.6 Å². The Morgan fingerprint density at radius 3 is 2.63 bits per heavy atom.